The van der Waals surface area contributed by atoms with Crippen molar-refractivity contribution in [2.24, 2.45) is 11.3 Å². The van der Waals surface area contributed by atoms with Crippen molar-refractivity contribution in [2.45, 2.75) is 17.7 Å². The lowest BCUT2D eigenvalue weighted by Gasteiger charge is -2.37. The van der Waals surface area contributed by atoms with Crippen molar-refractivity contribution < 1.29 is 19.1 Å². The monoisotopic (exact) mass is 434 g/mol. The SMILES string of the molecule is CC1(CNC(=O)CSc2nc3ccc(NC(=O)C4CNC(=O)C4)cc3s2)COC1. The van der Waals surface area contributed by atoms with Crippen molar-refractivity contribution in [3.63, 3.8) is 0 Å². The lowest BCUT2D eigenvalue weighted by atomic mass is 9.89. The fourth-order valence-corrected chi connectivity index (χ4v) is 5.06. The van der Waals surface area contributed by atoms with E-state index in [-0.39, 0.29) is 35.5 Å². The summed E-state index contributed by atoms with van der Waals surface area (Å²) >= 11 is 2.89. The number of carbonyl (C=O) groups is 3. The number of amides is 3. The molecule has 0 radical (unpaired) electrons. The van der Waals surface area contributed by atoms with E-state index in [1.165, 1.54) is 23.1 Å². The second-order valence-corrected chi connectivity index (χ2v) is 9.98. The molecule has 1 aromatic carbocycles. The number of nitrogens with one attached hydrogen (secondary N) is 3. The van der Waals surface area contributed by atoms with Crippen LogP contribution in [0.1, 0.15) is 13.3 Å². The second kappa shape index (κ2) is 8.29. The molecular formula is C19H22N4O4S2. The van der Waals surface area contributed by atoms with E-state index in [0.29, 0.717) is 37.7 Å². The van der Waals surface area contributed by atoms with Gasteiger partial charge in [-0.1, -0.05) is 18.7 Å². The molecule has 0 aliphatic carbocycles. The zero-order valence-electron chi connectivity index (χ0n) is 15.9. The molecule has 1 aromatic heterocycles. The quantitative estimate of drug-likeness (QED) is 0.572. The fourth-order valence-electron chi connectivity index (χ4n) is 3.12. The summed E-state index contributed by atoms with van der Waals surface area (Å²) in [7, 11) is 0. The third-order valence-electron chi connectivity index (χ3n) is 4.92. The smallest absolute Gasteiger partial charge is 0.230 e. The second-order valence-electron chi connectivity index (χ2n) is 7.73. The summed E-state index contributed by atoms with van der Waals surface area (Å²) in [6.07, 6.45) is 0.226. The topological polar surface area (TPSA) is 109 Å². The third-order valence-corrected chi connectivity index (χ3v) is 7.09. The van der Waals surface area contributed by atoms with E-state index in [1.54, 1.807) is 6.07 Å². The van der Waals surface area contributed by atoms with Gasteiger partial charge < -0.3 is 20.7 Å². The number of aromatic nitrogens is 1. The van der Waals surface area contributed by atoms with Crippen LogP contribution in [-0.4, -0.2) is 54.8 Å². The molecule has 2 aliphatic heterocycles. The molecule has 3 amide bonds. The molecule has 10 heteroatoms. The van der Waals surface area contributed by atoms with Crippen molar-refractivity contribution in [2.75, 3.05) is 37.4 Å². The van der Waals surface area contributed by atoms with Crippen molar-refractivity contribution >= 4 is 56.7 Å². The highest BCUT2D eigenvalue weighted by Gasteiger charge is 2.33. The van der Waals surface area contributed by atoms with E-state index in [0.717, 1.165) is 14.6 Å². The van der Waals surface area contributed by atoms with Gasteiger partial charge in [0.15, 0.2) is 4.34 Å². The molecule has 1 unspecified atom stereocenters. The Balaban J connectivity index is 1.31. The van der Waals surface area contributed by atoms with Gasteiger partial charge in [-0.3, -0.25) is 14.4 Å². The summed E-state index contributed by atoms with van der Waals surface area (Å²) < 4.78 is 6.93. The number of rotatable bonds is 7. The number of hydrogen-bond acceptors (Lipinski definition) is 7. The van der Waals surface area contributed by atoms with Crippen LogP contribution in [0.15, 0.2) is 22.5 Å². The first-order chi connectivity index (χ1) is 13.9. The van der Waals surface area contributed by atoms with Crippen molar-refractivity contribution in [3.8, 4) is 0 Å². The molecule has 0 saturated carbocycles. The van der Waals surface area contributed by atoms with E-state index in [1.807, 2.05) is 12.1 Å². The van der Waals surface area contributed by atoms with E-state index < -0.39 is 0 Å². The van der Waals surface area contributed by atoms with E-state index in [4.69, 9.17) is 4.74 Å². The van der Waals surface area contributed by atoms with Gasteiger partial charge in [0.25, 0.3) is 0 Å². The molecule has 0 bridgehead atoms. The maximum Gasteiger partial charge on any atom is 0.230 e. The highest BCUT2D eigenvalue weighted by molar-refractivity contribution is 8.01. The van der Waals surface area contributed by atoms with Crippen LogP contribution in [0.25, 0.3) is 10.2 Å². The number of nitrogens with zero attached hydrogens (tertiary/aromatic N) is 1. The van der Waals surface area contributed by atoms with E-state index in [9.17, 15) is 14.4 Å². The van der Waals surface area contributed by atoms with Crippen LogP contribution >= 0.6 is 23.1 Å². The molecule has 3 N–H and O–H groups in total. The van der Waals surface area contributed by atoms with Crippen LogP contribution in [0.5, 0.6) is 0 Å². The molecule has 1 atom stereocenters. The molecule has 29 heavy (non-hydrogen) atoms. The van der Waals surface area contributed by atoms with Gasteiger partial charge >= 0.3 is 0 Å². The molecule has 8 nitrogen and oxygen atoms in total. The Morgan fingerprint density at radius 2 is 2.24 bits per heavy atom. The zero-order valence-corrected chi connectivity index (χ0v) is 17.6. The number of fused-ring (bicyclic) bond motifs is 1. The summed E-state index contributed by atoms with van der Waals surface area (Å²) in [4.78, 5) is 40.1. The molecule has 2 aliphatic rings. The number of hydrogen-bond donors (Lipinski definition) is 3. The maximum absolute atomic E-state index is 12.3. The highest BCUT2D eigenvalue weighted by Crippen LogP contribution is 2.31. The fraction of sp³-hybridized carbons (Fsp3) is 0.474. The summed E-state index contributed by atoms with van der Waals surface area (Å²) in [5, 5.41) is 8.48. The van der Waals surface area contributed by atoms with Gasteiger partial charge in [-0.15, -0.1) is 11.3 Å². The minimum absolute atomic E-state index is 0.0185. The average Bonchev–Trinajstić information content (AvgIpc) is 3.28. The highest BCUT2D eigenvalue weighted by atomic mass is 32.2. The zero-order chi connectivity index (χ0) is 20.4. The Morgan fingerprint density at radius 3 is 2.93 bits per heavy atom. The van der Waals surface area contributed by atoms with Crippen LogP contribution in [0, 0.1) is 11.3 Å². The van der Waals surface area contributed by atoms with Crippen molar-refractivity contribution in [3.05, 3.63) is 18.2 Å². The van der Waals surface area contributed by atoms with Crippen molar-refractivity contribution in [1.82, 2.24) is 15.6 Å². The molecule has 2 aromatic rings. The lowest BCUT2D eigenvalue weighted by molar-refractivity contribution is -0.124. The minimum Gasteiger partial charge on any atom is -0.380 e. The van der Waals surface area contributed by atoms with Gasteiger partial charge in [0.1, 0.15) is 0 Å². The number of thioether (sulfide) groups is 1. The Hall–Kier alpha value is -2.17. The number of thiazole rings is 1. The number of ether oxygens (including phenoxy) is 1. The largest absolute Gasteiger partial charge is 0.380 e. The number of benzene rings is 1. The molecule has 2 fully saturated rings. The van der Waals surface area contributed by atoms with Gasteiger partial charge in [0, 0.05) is 30.6 Å². The van der Waals surface area contributed by atoms with Gasteiger partial charge in [0.2, 0.25) is 17.7 Å². The van der Waals surface area contributed by atoms with E-state index in [2.05, 4.69) is 27.9 Å². The van der Waals surface area contributed by atoms with Crippen LogP contribution in [-0.2, 0) is 19.1 Å². The Morgan fingerprint density at radius 1 is 1.41 bits per heavy atom. The summed E-state index contributed by atoms with van der Waals surface area (Å²) in [6, 6.07) is 5.52. The molecule has 2 saturated heterocycles. The first-order valence-corrected chi connectivity index (χ1v) is 11.2. The lowest BCUT2D eigenvalue weighted by Crippen LogP contribution is -2.48. The summed E-state index contributed by atoms with van der Waals surface area (Å²) in [6.45, 7) is 4.46. The van der Waals surface area contributed by atoms with Gasteiger partial charge in [-0.25, -0.2) is 4.98 Å². The van der Waals surface area contributed by atoms with E-state index >= 15 is 0 Å². The minimum atomic E-state index is -0.335. The first kappa shape index (κ1) is 20.1. The number of anilines is 1. The van der Waals surface area contributed by atoms with Crippen LogP contribution in [0.2, 0.25) is 0 Å². The average molecular weight is 435 g/mol. The normalized spacial score (nSPS) is 20.2. The molecule has 4 rings (SSSR count). The third kappa shape index (κ3) is 4.88. The maximum atomic E-state index is 12.3. The molecule has 3 heterocycles. The Kier molecular flexibility index (Phi) is 5.75. The van der Waals surface area contributed by atoms with Crippen LogP contribution in [0.3, 0.4) is 0 Å². The molecular weight excluding hydrogens is 412 g/mol. The predicted molar refractivity (Wildman–Crippen MR) is 112 cm³/mol. The standard InChI is InChI=1S/C19H22N4O4S2/c1-19(9-27-10-19)8-21-16(25)7-28-18-23-13-3-2-12(5-14(13)29-18)22-17(26)11-4-15(24)20-6-11/h2-3,5,11H,4,6-10H2,1H3,(H,20,24)(H,21,25)(H,22,26). The Bertz CT molecular complexity index is 957. The van der Waals surface area contributed by atoms with Crippen molar-refractivity contribution in [1.29, 1.82) is 0 Å². The van der Waals surface area contributed by atoms with Gasteiger partial charge in [0.05, 0.1) is 35.1 Å². The van der Waals surface area contributed by atoms with Gasteiger partial charge in [-0.2, -0.15) is 0 Å². The molecule has 154 valence electrons. The summed E-state index contributed by atoms with van der Waals surface area (Å²) in [5.74, 6) is -0.302. The van der Waals surface area contributed by atoms with Gasteiger partial charge in [-0.05, 0) is 18.2 Å². The summed E-state index contributed by atoms with van der Waals surface area (Å²) in [5.41, 5.74) is 1.56. The Labute approximate surface area is 176 Å². The first-order valence-electron chi connectivity index (χ1n) is 9.36. The van der Waals surface area contributed by atoms with Crippen LogP contribution in [0.4, 0.5) is 5.69 Å². The predicted octanol–water partition coefficient (Wildman–Crippen LogP) is 1.62. The molecule has 0 spiro atoms. The number of carbonyl (C=O) groups excluding carboxylic acids is 3. The van der Waals surface area contributed by atoms with Crippen LogP contribution < -0.4 is 16.0 Å².